The standard InChI is InChI=1S/C50H32O3/c1-29-19-24-44(51-29)49-38-15-7-3-11-34(38)47(35-12-4-8-16-39(35)49)31-22-26-43-42(27-31)33-23-21-32(28-46(33)53-43)48-36-13-5-9-17-40(36)50(45-25-20-30(2)52-45)41-18-10-6-14-37(41)48/h3-28H,1-2H3. The van der Waals surface area contributed by atoms with Gasteiger partial charge in [-0.2, -0.15) is 0 Å². The minimum Gasteiger partial charge on any atom is -0.461 e. The average Bonchev–Trinajstić information content (AvgIpc) is 3.93. The molecule has 0 aliphatic rings. The summed E-state index contributed by atoms with van der Waals surface area (Å²) in [6.45, 7) is 4.00. The van der Waals surface area contributed by atoms with E-state index in [0.29, 0.717) is 0 Å². The summed E-state index contributed by atoms with van der Waals surface area (Å²) < 4.78 is 19.1. The average molecular weight is 681 g/mol. The van der Waals surface area contributed by atoms with Crippen molar-refractivity contribution in [3.63, 3.8) is 0 Å². The summed E-state index contributed by atoms with van der Waals surface area (Å²) >= 11 is 0. The van der Waals surface area contributed by atoms with E-state index < -0.39 is 0 Å². The lowest BCUT2D eigenvalue weighted by Crippen LogP contribution is -1.90. The third kappa shape index (κ3) is 4.47. The Morgan fingerprint density at radius 3 is 1.09 bits per heavy atom. The van der Waals surface area contributed by atoms with Gasteiger partial charge in [-0.3, -0.25) is 0 Å². The zero-order chi connectivity index (χ0) is 35.2. The number of aryl methyl sites for hydroxylation is 2. The fourth-order valence-corrected chi connectivity index (χ4v) is 8.64. The van der Waals surface area contributed by atoms with Crippen LogP contribution in [0.25, 0.3) is 110 Å². The molecule has 3 aromatic heterocycles. The van der Waals surface area contributed by atoms with Gasteiger partial charge >= 0.3 is 0 Å². The van der Waals surface area contributed by atoms with Crippen LogP contribution in [-0.4, -0.2) is 0 Å². The molecule has 0 bridgehead atoms. The van der Waals surface area contributed by atoms with Crippen LogP contribution in [0.3, 0.4) is 0 Å². The van der Waals surface area contributed by atoms with E-state index in [1.54, 1.807) is 0 Å². The molecule has 0 amide bonds. The van der Waals surface area contributed by atoms with Crippen LogP contribution in [0.2, 0.25) is 0 Å². The highest BCUT2D eigenvalue weighted by atomic mass is 16.3. The summed E-state index contributed by atoms with van der Waals surface area (Å²) in [6, 6.07) is 56.2. The molecule has 3 heterocycles. The van der Waals surface area contributed by atoms with Crippen molar-refractivity contribution in [2.45, 2.75) is 13.8 Å². The Hall–Kier alpha value is -6.84. The fraction of sp³-hybridized carbons (Fsp3) is 0.0400. The lowest BCUT2D eigenvalue weighted by atomic mass is 9.87. The first kappa shape index (κ1) is 29.8. The number of fused-ring (bicyclic) bond motifs is 7. The first-order chi connectivity index (χ1) is 26.1. The van der Waals surface area contributed by atoms with E-state index >= 15 is 0 Å². The summed E-state index contributed by atoms with van der Waals surface area (Å²) in [6.07, 6.45) is 0. The van der Waals surface area contributed by atoms with E-state index in [0.717, 1.165) is 78.0 Å². The molecular formula is C50H32O3. The molecule has 0 spiro atoms. The maximum Gasteiger partial charge on any atom is 0.136 e. The predicted molar refractivity (Wildman–Crippen MR) is 219 cm³/mol. The molecule has 0 atom stereocenters. The van der Waals surface area contributed by atoms with Gasteiger partial charge in [0.25, 0.3) is 0 Å². The Balaban J connectivity index is 1.12. The largest absolute Gasteiger partial charge is 0.461 e. The van der Waals surface area contributed by atoms with Crippen LogP contribution in [0.15, 0.2) is 171 Å². The molecule has 250 valence electrons. The van der Waals surface area contributed by atoms with Crippen LogP contribution in [-0.2, 0) is 0 Å². The number of rotatable bonds is 4. The Labute approximate surface area is 305 Å². The molecule has 8 aromatic carbocycles. The molecule has 0 saturated carbocycles. The monoisotopic (exact) mass is 680 g/mol. The lowest BCUT2D eigenvalue weighted by Gasteiger charge is -2.16. The minimum absolute atomic E-state index is 0.867. The first-order valence-corrected chi connectivity index (χ1v) is 18.1. The molecule has 53 heavy (non-hydrogen) atoms. The van der Waals surface area contributed by atoms with Crippen LogP contribution in [0.5, 0.6) is 0 Å². The molecule has 0 aliphatic heterocycles. The van der Waals surface area contributed by atoms with Gasteiger partial charge in [-0.05, 0) is 128 Å². The second-order valence-electron chi connectivity index (χ2n) is 14.0. The SMILES string of the molecule is Cc1ccc(-c2c3ccccc3c(-c3ccc4c(c3)oc3ccc(-c5c6ccccc6c(-c6ccc(C)o6)c6ccccc56)cc34)c3ccccc23)o1. The third-order valence-corrected chi connectivity index (χ3v) is 10.9. The highest BCUT2D eigenvalue weighted by molar-refractivity contribution is 6.23. The maximum atomic E-state index is 6.65. The van der Waals surface area contributed by atoms with Crippen LogP contribution < -0.4 is 0 Å². The number of benzene rings is 8. The van der Waals surface area contributed by atoms with E-state index in [2.05, 4.69) is 146 Å². The van der Waals surface area contributed by atoms with Gasteiger partial charge < -0.3 is 13.3 Å². The van der Waals surface area contributed by atoms with Crippen molar-refractivity contribution in [1.82, 2.24) is 0 Å². The van der Waals surface area contributed by atoms with Gasteiger partial charge in [-0.1, -0.05) is 109 Å². The van der Waals surface area contributed by atoms with Crippen molar-refractivity contribution in [3.05, 3.63) is 169 Å². The molecule has 3 nitrogen and oxygen atoms in total. The smallest absolute Gasteiger partial charge is 0.136 e. The summed E-state index contributed by atoms with van der Waals surface area (Å²) in [5.41, 5.74) is 8.66. The zero-order valence-corrected chi connectivity index (χ0v) is 29.2. The highest BCUT2D eigenvalue weighted by Crippen LogP contribution is 2.47. The van der Waals surface area contributed by atoms with E-state index in [1.807, 2.05) is 26.0 Å². The lowest BCUT2D eigenvalue weighted by molar-refractivity contribution is 0.549. The fourth-order valence-electron chi connectivity index (χ4n) is 8.64. The van der Waals surface area contributed by atoms with Gasteiger partial charge in [0.1, 0.15) is 34.2 Å². The van der Waals surface area contributed by atoms with E-state index in [1.165, 1.54) is 43.4 Å². The minimum atomic E-state index is 0.867. The normalized spacial score (nSPS) is 12.0. The predicted octanol–water partition coefficient (Wildman–Crippen LogP) is 14.7. The summed E-state index contributed by atoms with van der Waals surface area (Å²) in [5.74, 6) is 3.58. The molecule has 0 saturated heterocycles. The highest BCUT2D eigenvalue weighted by Gasteiger charge is 2.21. The molecule has 11 rings (SSSR count). The quantitative estimate of drug-likeness (QED) is 0.174. The molecule has 11 aromatic rings. The molecular weight excluding hydrogens is 649 g/mol. The molecule has 0 aliphatic carbocycles. The van der Waals surface area contributed by atoms with E-state index in [-0.39, 0.29) is 0 Å². The van der Waals surface area contributed by atoms with Crippen molar-refractivity contribution in [3.8, 4) is 44.9 Å². The Morgan fingerprint density at radius 2 is 0.679 bits per heavy atom. The van der Waals surface area contributed by atoms with Crippen LogP contribution in [0.4, 0.5) is 0 Å². The molecule has 0 N–H and O–H groups in total. The number of furan rings is 3. The van der Waals surface area contributed by atoms with Crippen LogP contribution in [0.1, 0.15) is 11.5 Å². The van der Waals surface area contributed by atoms with E-state index in [9.17, 15) is 0 Å². The Bertz CT molecular complexity index is 3140. The van der Waals surface area contributed by atoms with Crippen molar-refractivity contribution >= 4 is 65.0 Å². The van der Waals surface area contributed by atoms with Crippen LogP contribution in [0, 0.1) is 13.8 Å². The number of hydrogen-bond donors (Lipinski definition) is 0. The van der Waals surface area contributed by atoms with Gasteiger partial charge in [0.15, 0.2) is 0 Å². The van der Waals surface area contributed by atoms with E-state index in [4.69, 9.17) is 13.3 Å². The van der Waals surface area contributed by atoms with Gasteiger partial charge in [0, 0.05) is 21.9 Å². The van der Waals surface area contributed by atoms with Crippen molar-refractivity contribution in [1.29, 1.82) is 0 Å². The van der Waals surface area contributed by atoms with Crippen LogP contribution >= 0.6 is 0 Å². The van der Waals surface area contributed by atoms with Crippen molar-refractivity contribution < 1.29 is 13.3 Å². The zero-order valence-electron chi connectivity index (χ0n) is 29.2. The van der Waals surface area contributed by atoms with Gasteiger partial charge in [-0.15, -0.1) is 0 Å². The summed E-state index contributed by atoms with van der Waals surface area (Å²) in [7, 11) is 0. The second-order valence-corrected chi connectivity index (χ2v) is 14.0. The third-order valence-electron chi connectivity index (χ3n) is 10.9. The summed E-state index contributed by atoms with van der Waals surface area (Å²) in [4.78, 5) is 0. The molecule has 0 fully saturated rings. The second kappa shape index (κ2) is 11.3. The van der Waals surface area contributed by atoms with Gasteiger partial charge in [0.05, 0.1) is 0 Å². The molecule has 0 radical (unpaired) electrons. The molecule has 3 heteroatoms. The first-order valence-electron chi connectivity index (χ1n) is 18.1. The topological polar surface area (TPSA) is 39.4 Å². The Morgan fingerprint density at radius 1 is 0.283 bits per heavy atom. The van der Waals surface area contributed by atoms with Gasteiger partial charge in [0.2, 0.25) is 0 Å². The number of hydrogen-bond acceptors (Lipinski definition) is 3. The molecule has 0 unspecified atom stereocenters. The van der Waals surface area contributed by atoms with Gasteiger partial charge in [-0.25, -0.2) is 0 Å². The van der Waals surface area contributed by atoms with Crippen molar-refractivity contribution in [2.75, 3.05) is 0 Å². The summed E-state index contributed by atoms with van der Waals surface area (Å²) in [5, 5.41) is 11.6. The maximum absolute atomic E-state index is 6.65. The van der Waals surface area contributed by atoms with Crippen molar-refractivity contribution in [2.24, 2.45) is 0 Å². The Kier molecular flexibility index (Phi) is 6.38.